The fourth-order valence-electron chi connectivity index (χ4n) is 1.64. The topological polar surface area (TPSA) is 110 Å². The molecular weight excluding hydrogens is 264 g/mol. The fourth-order valence-corrected chi connectivity index (χ4v) is 1.64. The third-order valence-electron chi connectivity index (χ3n) is 2.63. The number of benzene rings is 1. The first-order valence-corrected chi connectivity index (χ1v) is 5.75. The van der Waals surface area contributed by atoms with Gasteiger partial charge < -0.3 is 15.2 Å². The Morgan fingerprint density at radius 1 is 1.45 bits per heavy atom. The molecule has 2 N–H and O–H groups in total. The summed E-state index contributed by atoms with van der Waals surface area (Å²) in [4.78, 5) is 22.0. The molecule has 0 aliphatic rings. The maximum atomic E-state index is 11.5. The van der Waals surface area contributed by atoms with Crippen LogP contribution in [0.25, 0.3) is 0 Å². The highest BCUT2D eigenvalue weighted by Gasteiger charge is 2.16. The molecule has 0 bridgehead atoms. The van der Waals surface area contributed by atoms with Crippen LogP contribution in [0, 0.1) is 10.1 Å². The zero-order valence-electron chi connectivity index (χ0n) is 10.6. The second kappa shape index (κ2) is 5.83. The number of carbonyl (C=O) groups excluding carboxylic acids is 1. The SMILES string of the molecule is CNC(=O)c1ccc([N+](=O)[O-])c(NCc2ccon2)c1. The highest BCUT2D eigenvalue weighted by molar-refractivity contribution is 5.95. The highest BCUT2D eigenvalue weighted by Crippen LogP contribution is 2.26. The lowest BCUT2D eigenvalue weighted by Crippen LogP contribution is -2.18. The number of amides is 1. The predicted molar refractivity (Wildman–Crippen MR) is 70.3 cm³/mol. The normalized spacial score (nSPS) is 10.1. The lowest BCUT2D eigenvalue weighted by Gasteiger charge is -2.07. The number of nitrogens with one attached hydrogen (secondary N) is 2. The van der Waals surface area contributed by atoms with Crippen molar-refractivity contribution in [1.82, 2.24) is 10.5 Å². The van der Waals surface area contributed by atoms with Crippen LogP contribution in [0.15, 0.2) is 35.1 Å². The molecule has 2 aromatic rings. The number of hydrogen-bond acceptors (Lipinski definition) is 6. The predicted octanol–water partition coefficient (Wildman–Crippen LogP) is 1.55. The number of nitrogens with zero attached hydrogens (tertiary/aromatic N) is 2. The van der Waals surface area contributed by atoms with Crippen LogP contribution in [0.4, 0.5) is 11.4 Å². The largest absolute Gasteiger partial charge is 0.374 e. The maximum Gasteiger partial charge on any atom is 0.292 e. The van der Waals surface area contributed by atoms with Gasteiger partial charge in [0, 0.05) is 24.7 Å². The quantitative estimate of drug-likeness (QED) is 0.633. The van der Waals surface area contributed by atoms with Crippen LogP contribution in [0.5, 0.6) is 0 Å². The molecule has 0 saturated heterocycles. The van der Waals surface area contributed by atoms with Gasteiger partial charge >= 0.3 is 0 Å². The first-order chi connectivity index (χ1) is 9.61. The first-order valence-electron chi connectivity index (χ1n) is 5.75. The molecule has 1 amide bonds. The summed E-state index contributed by atoms with van der Waals surface area (Å²) in [6, 6.07) is 5.76. The molecule has 1 aromatic heterocycles. The van der Waals surface area contributed by atoms with Gasteiger partial charge in [0.2, 0.25) is 0 Å². The maximum absolute atomic E-state index is 11.5. The fraction of sp³-hybridized carbons (Fsp3) is 0.167. The molecule has 2 rings (SSSR count). The molecule has 1 aromatic carbocycles. The van der Waals surface area contributed by atoms with Crippen molar-refractivity contribution in [3.8, 4) is 0 Å². The van der Waals surface area contributed by atoms with Gasteiger partial charge in [-0.3, -0.25) is 14.9 Å². The Morgan fingerprint density at radius 3 is 2.85 bits per heavy atom. The first kappa shape index (κ1) is 13.5. The van der Waals surface area contributed by atoms with Crippen molar-refractivity contribution in [1.29, 1.82) is 0 Å². The van der Waals surface area contributed by atoms with E-state index in [0.29, 0.717) is 11.3 Å². The van der Waals surface area contributed by atoms with Crippen LogP contribution < -0.4 is 10.6 Å². The Kier molecular flexibility index (Phi) is 3.94. The summed E-state index contributed by atoms with van der Waals surface area (Å²) >= 11 is 0. The molecule has 0 aliphatic heterocycles. The molecule has 0 spiro atoms. The minimum Gasteiger partial charge on any atom is -0.374 e. The lowest BCUT2D eigenvalue weighted by atomic mass is 10.1. The summed E-state index contributed by atoms with van der Waals surface area (Å²) in [5.41, 5.74) is 1.07. The van der Waals surface area contributed by atoms with E-state index in [0.717, 1.165) is 0 Å². The van der Waals surface area contributed by atoms with Crippen molar-refractivity contribution in [2.45, 2.75) is 6.54 Å². The highest BCUT2D eigenvalue weighted by atomic mass is 16.6. The zero-order valence-corrected chi connectivity index (χ0v) is 10.6. The van der Waals surface area contributed by atoms with Gasteiger partial charge in [-0.2, -0.15) is 0 Å². The molecule has 0 saturated carbocycles. The van der Waals surface area contributed by atoms with Crippen molar-refractivity contribution in [2.75, 3.05) is 12.4 Å². The van der Waals surface area contributed by atoms with E-state index < -0.39 is 4.92 Å². The Labute approximate surface area is 113 Å². The smallest absolute Gasteiger partial charge is 0.292 e. The Morgan fingerprint density at radius 2 is 2.25 bits per heavy atom. The summed E-state index contributed by atoms with van der Waals surface area (Å²) in [5.74, 6) is -0.315. The van der Waals surface area contributed by atoms with Gasteiger partial charge in [-0.05, 0) is 12.1 Å². The van der Waals surface area contributed by atoms with Crippen LogP contribution in [0.3, 0.4) is 0 Å². The van der Waals surface area contributed by atoms with Crippen LogP contribution in [0.1, 0.15) is 16.1 Å². The van der Waals surface area contributed by atoms with Gasteiger partial charge in [0.25, 0.3) is 11.6 Å². The molecule has 104 valence electrons. The van der Waals surface area contributed by atoms with Crippen LogP contribution in [0.2, 0.25) is 0 Å². The van der Waals surface area contributed by atoms with Gasteiger partial charge in [-0.25, -0.2) is 0 Å². The molecule has 8 nitrogen and oxygen atoms in total. The van der Waals surface area contributed by atoms with E-state index in [-0.39, 0.29) is 23.8 Å². The Hall–Kier alpha value is -2.90. The number of anilines is 1. The second-order valence-electron chi connectivity index (χ2n) is 3.91. The second-order valence-corrected chi connectivity index (χ2v) is 3.91. The van der Waals surface area contributed by atoms with Crippen molar-refractivity contribution in [3.05, 3.63) is 51.9 Å². The third-order valence-corrected chi connectivity index (χ3v) is 2.63. The monoisotopic (exact) mass is 276 g/mol. The minimum absolute atomic E-state index is 0.110. The molecule has 0 atom stereocenters. The molecular formula is C12H12N4O4. The van der Waals surface area contributed by atoms with Gasteiger partial charge in [0.1, 0.15) is 17.6 Å². The Balaban J connectivity index is 2.26. The van der Waals surface area contributed by atoms with Gasteiger partial charge in [-0.1, -0.05) is 5.16 Å². The van der Waals surface area contributed by atoms with Crippen molar-refractivity contribution < 1.29 is 14.2 Å². The number of carbonyl (C=O) groups is 1. The number of nitro groups is 1. The van der Waals surface area contributed by atoms with Crippen molar-refractivity contribution >= 4 is 17.3 Å². The van der Waals surface area contributed by atoms with E-state index in [1.165, 1.54) is 31.5 Å². The summed E-state index contributed by atoms with van der Waals surface area (Å²) < 4.78 is 4.67. The standard InChI is InChI=1S/C12H12N4O4/c1-13-12(17)8-2-3-11(16(18)19)10(6-8)14-7-9-4-5-20-15-9/h2-6,14H,7H2,1H3,(H,13,17). The summed E-state index contributed by atoms with van der Waals surface area (Å²) in [7, 11) is 1.49. The van der Waals surface area contributed by atoms with E-state index in [9.17, 15) is 14.9 Å². The molecule has 0 unspecified atom stereocenters. The minimum atomic E-state index is -0.515. The summed E-state index contributed by atoms with van der Waals surface area (Å²) in [5, 5.41) is 20.0. The van der Waals surface area contributed by atoms with Gasteiger partial charge in [0.15, 0.2) is 0 Å². The van der Waals surface area contributed by atoms with E-state index in [4.69, 9.17) is 0 Å². The number of hydrogen-bond donors (Lipinski definition) is 2. The molecule has 1 heterocycles. The Bertz CT molecular complexity index is 624. The molecule has 0 aliphatic carbocycles. The van der Waals surface area contributed by atoms with E-state index in [1.54, 1.807) is 6.07 Å². The molecule has 0 radical (unpaired) electrons. The van der Waals surface area contributed by atoms with Crippen molar-refractivity contribution in [2.24, 2.45) is 0 Å². The molecule has 8 heteroatoms. The van der Waals surface area contributed by atoms with Crippen molar-refractivity contribution in [3.63, 3.8) is 0 Å². The van der Waals surface area contributed by atoms with Crippen LogP contribution in [-0.2, 0) is 6.54 Å². The van der Waals surface area contributed by atoms with Crippen LogP contribution >= 0.6 is 0 Å². The molecule has 0 fully saturated rings. The van der Waals surface area contributed by atoms with E-state index in [1.807, 2.05) is 0 Å². The van der Waals surface area contributed by atoms with E-state index in [2.05, 4.69) is 20.3 Å². The van der Waals surface area contributed by atoms with Gasteiger partial charge in [0.05, 0.1) is 11.5 Å². The number of rotatable bonds is 5. The number of aromatic nitrogens is 1. The van der Waals surface area contributed by atoms with Crippen LogP contribution in [-0.4, -0.2) is 23.0 Å². The summed E-state index contributed by atoms with van der Waals surface area (Å²) in [6.07, 6.45) is 1.41. The molecule has 20 heavy (non-hydrogen) atoms. The third kappa shape index (κ3) is 2.91. The van der Waals surface area contributed by atoms with E-state index >= 15 is 0 Å². The lowest BCUT2D eigenvalue weighted by molar-refractivity contribution is -0.384. The number of nitro benzene ring substituents is 1. The summed E-state index contributed by atoms with van der Waals surface area (Å²) in [6.45, 7) is 0.258. The zero-order chi connectivity index (χ0) is 14.5. The van der Waals surface area contributed by atoms with Gasteiger partial charge in [-0.15, -0.1) is 0 Å². The average molecular weight is 276 g/mol. The average Bonchev–Trinajstić information content (AvgIpc) is 2.97.